The summed E-state index contributed by atoms with van der Waals surface area (Å²) in [6, 6.07) is 1.50. The number of amides is 3. The van der Waals surface area contributed by atoms with E-state index in [4.69, 9.17) is 5.73 Å². The van der Waals surface area contributed by atoms with Gasteiger partial charge in [0.15, 0.2) is 16.6 Å². The van der Waals surface area contributed by atoms with Crippen LogP contribution >= 0.6 is 22.9 Å². The first-order chi connectivity index (χ1) is 15.4. The van der Waals surface area contributed by atoms with Crippen LogP contribution in [-0.4, -0.2) is 50.4 Å². The van der Waals surface area contributed by atoms with Crippen LogP contribution in [0, 0.1) is 13.8 Å². The van der Waals surface area contributed by atoms with Crippen LogP contribution in [0.5, 0.6) is 0 Å². The zero-order chi connectivity index (χ0) is 22.7. The van der Waals surface area contributed by atoms with E-state index in [0.29, 0.717) is 17.5 Å². The maximum absolute atomic E-state index is 12.3. The first-order valence-electron chi connectivity index (χ1n) is 9.99. The molecular weight excluding hydrogens is 450 g/mol. The van der Waals surface area contributed by atoms with Crippen molar-refractivity contribution in [3.63, 3.8) is 0 Å². The second kappa shape index (κ2) is 9.44. The Morgan fingerprint density at radius 2 is 2.09 bits per heavy atom. The molecule has 0 radical (unpaired) electrons. The summed E-state index contributed by atoms with van der Waals surface area (Å²) in [6.45, 7) is 5.14. The maximum Gasteiger partial charge on any atom is 0.321 e. The Balaban J connectivity index is 1.45. The summed E-state index contributed by atoms with van der Waals surface area (Å²) in [6.07, 6.45) is 4.97. The average molecular weight is 474 g/mol. The van der Waals surface area contributed by atoms with Gasteiger partial charge in [0.25, 0.3) is 5.91 Å². The van der Waals surface area contributed by atoms with Gasteiger partial charge in [-0.1, -0.05) is 0 Å². The predicted octanol–water partition coefficient (Wildman–Crippen LogP) is 2.64. The van der Waals surface area contributed by atoms with Crippen molar-refractivity contribution < 1.29 is 9.59 Å². The quantitative estimate of drug-likeness (QED) is 0.426. The lowest BCUT2D eigenvalue weighted by molar-refractivity contribution is 0.0996. The summed E-state index contributed by atoms with van der Waals surface area (Å²) >= 11 is 2.69. The first kappa shape index (κ1) is 21.9. The van der Waals surface area contributed by atoms with Crippen LogP contribution in [0.25, 0.3) is 0 Å². The van der Waals surface area contributed by atoms with Crippen LogP contribution in [-0.2, 0) is 0 Å². The summed E-state index contributed by atoms with van der Waals surface area (Å²) in [5, 5.41) is 10.2. The third kappa shape index (κ3) is 5.29. The lowest BCUT2D eigenvalue weighted by Crippen LogP contribution is -2.49. The number of thiazole rings is 1. The van der Waals surface area contributed by atoms with Crippen molar-refractivity contribution in [1.29, 1.82) is 0 Å². The number of rotatable bonds is 6. The molecule has 32 heavy (non-hydrogen) atoms. The number of nitrogens with two attached hydrogens (primary N) is 1. The van der Waals surface area contributed by atoms with Gasteiger partial charge in [-0.25, -0.2) is 19.7 Å². The molecule has 13 heteroatoms. The number of urea groups is 1. The van der Waals surface area contributed by atoms with E-state index < -0.39 is 5.91 Å². The normalized spacial score (nSPS) is 15.9. The van der Waals surface area contributed by atoms with E-state index in [1.807, 2.05) is 24.8 Å². The largest absolute Gasteiger partial charge is 0.364 e. The standard InChI is InChI=1S/C19H23N9O2S2/c1-10-6-14(32-27-10)25-17-15(16(20)29)21-8-13(24-17)28-5-3-4-12(9-28)23-18(30)26-19-22-7-11(2)31-19/h6-8,12H,3-5,9H2,1-2H3,(H2,20,29)(H,24,25)(H2,22,23,26,30)/t12-/m1/s1. The second-order valence-corrected chi connectivity index (χ2v) is 9.45. The third-order valence-electron chi connectivity index (χ3n) is 4.79. The highest BCUT2D eigenvalue weighted by Crippen LogP contribution is 2.25. The fraction of sp³-hybridized carbons (Fsp3) is 0.368. The van der Waals surface area contributed by atoms with Crippen molar-refractivity contribution in [1.82, 2.24) is 24.6 Å². The van der Waals surface area contributed by atoms with Gasteiger partial charge < -0.3 is 21.3 Å². The Morgan fingerprint density at radius 1 is 1.25 bits per heavy atom. The number of primary amides is 1. The lowest BCUT2D eigenvalue weighted by atomic mass is 10.1. The molecule has 0 aromatic carbocycles. The molecule has 0 unspecified atom stereocenters. The Bertz CT molecular complexity index is 1130. The van der Waals surface area contributed by atoms with Gasteiger partial charge in [-0.3, -0.25) is 10.1 Å². The number of aryl methyl sites for hydroxylation is 2. The maximum atomic E-state index is 12.3. The summed E-state index contributed by atoms with van der Waals surface area (Å²) in [4.78, 5) is 40.2. The minimum atomic E-state index is -0.667. The van der Waals surface area contributed by atoms with Crippen molar-refractivity contribution in [3.8, 4) is 0 Å². The van der Waals surface area contributed by atoms with Crippen LogP contribution < -0.4 is 26.6 Å². The molecular formula is C19H23N9O2S2. The topological polar surface area (TPSA) is 151 Å². The lowest BCUT2D eigenvalue weighted by Gasteiger charge is -2.33. The molecule has 1 aliphatic heterocycles. The van der Waals surface area contributed by atoms with E-state index in [0.717, 1.165) is 35.0 Å². The number of piperidine rings is 1. The highest BCUT2D eigenvalue weighted by molar-refractivity contribution is 7.15. The van der Waals surface area contributed by atoms with E-state index in [1.165, 1.54) is 29.1 Å². The average Bonchev–Trinajstić information content (AvgIpc) is 3.35. The molecule has 1 atom stereocenters. The van der Waals surface area contributed by atoms with Gasteiger partial charge in [0.1, 0.15) is 10.8 Å². The molecule has 5 N–H and O–H groups in total. The van der Waals surface area contributed by atoms with Crippen molar-refractivity contribution in [3.05, 3.63) is 34.7 Å². The van der Waals surface area contributed by atoms with Gasteiger partial charge >= 0.3 is 6.03 Å². The van der Waals surface area contributed by atoms with Crippen LogP contribution in [0.2, 0.25) is 0 Å². The van der Waals surface area contributed by atoms with Gasteiger partial charge in [-0.05, 0) is 44.3 Å². The number of aromatic nitrogens is 4. The van der Waals surface area contributed by atoms with Gasteiger partial charge in [0.05, 0.1) is 11.9 Å². The molecule has 3 amide bonds. The molecule has 1 saturated heterocycles. The van der Waals surface area contributed by atoms with Crippen LogP contribution in [0.3, 0.4) is 0 Å². The number of hydrogen-bond donors (Lipinski definition) is 4. The van der Waals surface area contributed by atoms with Gasteiger partial charge in [-0.15, -0.1) is 11.3 Å². The van der Waals surface area contributed by atoms with E-state index >= 15 is 0 Å². The summed E-state index contributed by atoms with van der Waals surface area (Å²) in [5.74, 6) is 0.215. The fourth-order valence-corrected chi connectivity index (χ4v) is 4.69. The van der Waals surface area contributed by atoms with E-state index in [2.05, 4.69) is 35.3 Å². The number of anilines is 4. The minimum Gasteiger partial charge on any atom is -0.364 e. The highest BCUT2D eigenvalue weighted by atomic mass is 32.1. The smallest absolute Gasteiger partial charge is 0.321 e. The van der Waals surface area contributed by atoms with Crippen molar-refractivity contribution in [2.45, 2.75) is 32.7 Å². The monoisotopic (exact) mass is 473 g/mol. The Morgan fingerprint density at radius 3 is 2.78 bits per heavy atom. The van der Waals surface area contributed by atoms with Gasteiger partial charge in [-0.2, -0.15) is 4.37 Å². The molecule has 4 heterocycles. The molecule has 1 aliphatic rings. The molecule has 0 spiro atoms. The number of hydrogen-bond acceptors (Lipinski definition) is 10. The molecule has 168 valence electrons. The molecule has 11 nitrogen and oxygen atoms in total. The summed E-state index contributed by atoms with van der Waals surface area (Å²) in [5.41, 5.74) is 6.40. The summed E-state index contributed by atoms with van der Waals surface area (Å²) < 4.78 is 4.22. The highest BCUT2D eigenvalue weighted by Gasteiger charge is 2.24. The molecule has 0 bridgehead atoms. The zero-order valence-corrected chi connectivity index (χ0v) is 19.2. The van der Waals surface area contributed by atoms with Crippen molar-refractivity contribution in [2.24, 2.45) is 5.73 Å². The van der Waals surface area contributed by atoms with E-state index in [9.17, 15) is 9.59 Å². The molecule has 4 rings (SSSR count). The number of carbonyl (C=O) groups is 2. The second-order valence-electron chi connectivity index (χ2n) is 7.41. The molecule has 3 aromatic heterocycles. The zero-order valence-electron chi connectivity index (χ0n) is 17.6. The van der Waals surface area contributed by atoms with Crippen LogP contribution in [0.15, 0.2) is 18.5 Å². The van der Waals surface area contributed by atoms with E-state index in [-0.39, 0.29) is 23.6 Å². The third-order valence-corrected chi connectivity index (χ3v) is 6.41. The molecule has 0 saturated carbocycles. The summed E-state index contributed by atoms with van der Waals surface area (Å²) in [7, 11) is 0. The SMILES string of the molecule is Cc1cc(Nc2nc(N3CCC[C@@H](NC(=O)Nc4ncc(C)s4)C3)cnc2C(N)=O)sn1. The van der Waals surface area contributed by atoms with Gasteiger partial charge in [0, 0.05) is 30.2 Å². The van der Waals surface area contributed by atoms with Crippen molar-refractivity contribution in [2.75, 3.05) is 28.6 Å². The van der Waals surface area contributed by atoms with Crippen molar-refractivity contribution >= 4 is 56.6 Å². The number of nitrogens with one attached hydrogen (secondary N) is 3. The first-order valence-corrected chi connectivity index (χ1v) is 11.6. The number of carbonyl (C=O) groups excluding carboxylic acids is 2. The molecule has 0 aliphatic carbocycles. The van der Waals surface area contributed by atoms with Crippen LogP contribution in [0.1, 0.15) is 33.9 Å². The van der Waals surface area contributed by atoms with E-state index in [1.54, 1.807) is 6.20 Å². The fourth-order valence-electron chi connectivity index (χ4n) is 3.37. The predicted molar refractivity (Wildman–Crippen MR) is 125 cm³/mol. The van der Waals surface area contributed by atoms with Gasteiger partial charge in [0.2, 0.25) is 0 Å². The number of nitrogens with zero attached hydrogens (tertiary/aromatic N) is 5. The minimum absolute atomic E-state index is 0.0598. The Kier molecular flexibility index (Phi) is 6.46. The van der Waals surface area contributed by atoms with Crippen LogP contribution in [0.4, 0.5) is 26.6 Å². The Hall–Kier alpha value is -3.32. The Labute approximate surface area is 192 Å². The molecule has 3 aromatic rings. The molecule has 1 fully saturated rings.